The lowest BCUT2D eigenvalue weighted by Gasteiger charge is -2.20. The number of primary amides is 1. The zero-order valence-corrected chi connectivity index (χ0v) is 15.9. The van der Waals surface area contributed by atoms with Gasteiger partial charge in [0, 0.05) is 36.5 Å². The number of nitro benzene ring substituents is 1. The Morgan fingerprint density at radius 3 is 2.50 bits per heavy atom. The summed E-state index contributed by atoms with van der Waals surface area (Å²) in [6, 6.07) is 14.0. The molecule has 0 bridgehead atoms. The highest BCUT2D eigenvalue weighted by Crippen LogP contribution is 2.30. The van der Waals surface area contributed by atoms with E-state index in [0.717, 1.165) is 22.6 Å². The maximum Gasteiger partial charge on any atom is 0.293 e. The number of hydrogen-bond donors (Lipinski definition) is 1. The van der Waals surface area contributed by atoms with Gasteiger partial charge in [0.2, 0.25) is 5.91 Å². The van der Waals surface area contributed by atoms with Crippen molar-refractivity contribution in [2.75, 3.05) is 11.9 Å². The summed E-state index contributed by atoms with van der Waals surface area (Å²) in [5.41, 5.74) is 9.34. The topological polar surface area (TPSA) is 107 Å². The van der Waals surface area contributed by atoms with Gasteiger partial charge in [-0.15, -0.1) is 0 Å². The molecule has 28 heavy (non-hydrogen) atoms. The summed E-state index contributed by atoms with van der Waals surface area (Å²) in [4.78, 5) is 24.1. The second-order valence-corrected chi connectivity index (χ2v) is 6.58. The first-order chi connectivity index (χ1) is 13.3. The van der Waals surface area contributed by atoms with Crippen LogP contribution in [-0.4, -0.2) is 27.7 Å². The van der Waals surface area contributed by atoms with Gasteiger partial charge in [-0.05, 0) is 38.1 Å². The van der Waals surface area contributed by atoms with Gasteiger partial charge in [-0.1, -0.05) is 18.2 Å². The molecule has 0 atom stereocenters. The Bertz CT molecular complexity index is 1040. The minimum Gasteiger partial charge on any atom is -0.366 e. The Morgan fingerprint density at radius 2 is 1.89 bits per heavy atom. The third kappa shape index (κ3) is 3.57. The summed E-state index contributed by atoms with van der Waals surface area (Å²) in [5, 5.41) is 16.1. The molecule has 0 saturated carbocycles. The summed E-state index contributed by atoms with van der Waals surface area (Å²) in [6.45, 7) is 4.32. The van der Waals surface area contributed by atoms with E-state index in [-0.39, 0.29) is 11.3 Å². The van der Waals surface area contributed by atoms with Crippen LogP contribution in [0.4, 0.5) is 11.4 Å². The summed E-state index contributed by atoms with van der Waals surface area (Å²) < 4.78 is 1.86. The molecule has 144 valence electrons. The van der Waals surface area contributed by atoms with Crippen LogP contribution in [0.2, 0.25) is 0 Å². The summed E-state index contributed by atoms with van der Waals surface area (Å²) >= 11 is 0. The third-order valence-electron chi connectivity index (χ3n) is 4.71. The monoisotopic (exact) mass is 379 g/mol. The highest BCUT2D eigenvalue weighted by atomic mass is 16.6. The van der Waals surface area contributed by atoms with Crippen LogP contribution in [0.5, 0.6) is 0 Å². The van der Waals surface area contributed by atoms with Crippen molar-refractivity contribution in [2.24, 2.45) is 5.73 Å². The van der Waals surface area contributed by atoms with Crippen molar-refractivity contribution in [3.8, 4) is 5.69 Å². The van der Waals surface area contributed by atoms with E-state index in [1.54, 1.807) is 18.0 Å². The fourth-order valence-corrected chi connectivity index (χ4v) is 3.19. The number of aromatic nitrogens is 2. The number of hydrogen-bond acceptors (Lipinski definition) is 5. The zero-order valence-electron chi connectivity index (χ0n) is 15.9. The molecule has 0 aliphatic carbocycles. The number of rotatable bonds is 6. The van der Waals surface area contributed by atoms with Gasteiger partial charge in [-0.25, -0.2) is 4.68 Å². The summed E-state index contributed by atoms with van der Waals surface area (Å²) in [6.07, 6.45) is 0. The minimum absolute atomic E-state index is 0.105. The first-order valence-corrected chi connectivity index (χ1v) is 8.69. The zero-order chi connectivity index (χ0) is 20.4. The molecule has 0 fully saturated rings. The van der Waals surface area contributed by atoms with Gasteiger partial charge in [0.15, 0.2) is 0 Å². The number of carbonyl (C=O) groups excluding carboxylic acids is 1. The standard InChI is InChI=1S/C20H21N5O3/c1-13-17(14(2)24(22-13)16-7-5-4-6-8-16)12-23(3)18-10-9-15(20(21)26)11-19(18)25(27)28/h4-11H,12H2,1-3H3,(H2,21,26). The normalized spacial score (nSPS) is 10.7. The van der Waals surface area contributed by atoms with E-state index in [9.17, 15) is 14.9 Å². The van der Waals surface area contributed by atoms with Crippen LogP contribution in [0.15, 0.2) is 48.5 Å². The van der Waals surface area contributed by atoms with E-state index in [4.69, 9.17) is 5.73 Å². The van der Waals surface area contributed by atoms with Gasteiger partial charge < -0.3 is 10.6 Å². The molecule has 8 heteroatoms. The van der Waals surface area contributed by atoms with E-state index in [2.05, 4.69) is 5.10 Å². The first-order valence-electron chi connectivity index (χ1n) is 8.69. The van der Waals surface area contributed by atoms with Crippen molar-refractivity contribution in [1.82, 2.24) is 9.78 Å². The molecule has 3 aromatic rings. The van der Waals surface area contributed by atoms with E-state index < -0.39 is 10.8 Å². The predicted octanol–water partition coefficient (Wildman–Crippen LogP) is 3.13. The summed E-state index contributed by atoms with van der Waals surface area (Å²) in [5.74, 6) is -0.701. The molecule has 8 nitrogen and oxygen atoms in total. The molecule has 1 heterocycles. The molecule has 0 aliphatic rings. The van der Waals surface area contributed by atoms with Gasteiger partial charge in [0.1, 0.15) is 5.69 Å². The van der Waals surface area contributed by atoms with Gasteiger partial charge in [0.25, 0.3) is 5.69 Å². The summed E-state index contributed by atoms with van der Waals surface area (Å²) in [7, 11) is 1.77. The number of aryl methyl sites for hydroxylation is 1. The maximum absolute atomic E-state index is 11.5. The number of nitro groups is 1. The second-order valence-electron chi connectivity index (χ2n) is 6.58. The van der Waals surface area contributed by atoms with E-state index >= 15 is 0 Å². The molecule has 0 unspecified atom stereocenters. The van der Waals surface area contributed by atoms with Crippen LogP contribution >= 0.6 is 0 Å². The predicted molar refractivity (Wildman–Crippen MR) is 107 cm³/mol. The maximum atomic E-state index is 11.5. The number of benzene rings is 2. The highest BCUT2D eigenvalue weighted by molar-refractivity contribution is 5.94. The lowest BCUT2D eigenvalue weighted by Crippen LogP contribution is -2.19. The number of nitrogens with zero attached hydrogens (tertiary/aromatic N) is 4. The second kappa shape index (κ2) is 7.51. The van der Waals surface area contributed by atoms with E-state index in [1.807, 2.05) is 48.9 Å². The highest BCUT2D eigenvalue weighted by Gasteiger charge is 2.22. The van der Waals surface area contributed by atoms with Crippen LogP contribution in [0.1, 0.15) is 27.3 Å². The van der Waals surface area contributed by atoms with Crippen molar-refractivity contribution in [3.63, 3.8) is 0 Å². The lowest BCUT2D eigenvalue weighted by molar-refractivity contribution is -0.384. The Kier molecular flexibility index (Phi) is 5.12. The molecular formula is C20H21N5O3. The van der Waals surface area contributed by atoms with Crippen molar-refractivity contribution < 1.29 is 9.72 Å². The number of nitrogens with two attached hydrogens (primary N) is 1. The third-order valence-corrected chi connectivity index (χ3v) is 4.71. The Hall–Kier alpha value is -3.68. The molecule has 2 aromatic carbocycles. The molecule has 0 spiro atoms. The Morgan fingerprint density at radius 1 is 1.21 bits per heavy atom. The Labute approximate surface area is 162 Å². The Balaban J connectivity index is 1.96. The molecule has 2 N–H and O–H groups in total. The molecular weight excluding hydrogens is 358 g/mol. The fourth-order valence-electron chi connectivity index (χ4n) is 3.19. The van der Waals surface area contributed by atoms with Crippen LogP contribution in [0.3, 0.4) is 0 Å². The average Bonchev–Trinajstić information content (AvgIpc) is 2.96. The first kappa shape index (κ1) is 19.1. The molecule has 1 amide bonds. The van der Waals surface area contributed by atoms with Crippen LogP contribution < -0.4 is 10.6 Å². The molecule has 1 aromatic heterocycles. The molecule has 0 aliphatic heterocycles. The van der Waals surface area contributed by atoms with Crippen molar-refractivity contribution >= 4 is 17.3 Å². The van der Waals surface area contributed by atoms with Gasteiger partial charge >= 0.3 is 0 Å². The van der Waals surface area contributed by atoms with Gasteiger partial charge in [0.05, 0.1) is 16.3 Å². The van der Waals surface area contributed by atoms with Crippen molar-refractivity contribution in [3.05, 3.63) is 81.2 Å². The van der Waals surface area contributed by atoms with Crippen molar-refractivity contribution in [2.45, 2.75) is 20.4 Å². The molecule has 3 rings (SSSR count). The molecule has 0 radical (unpaired) electrons. The number of amides is 1. The van der Waals surface area contributed by atoms with Gasteiger partial charge in [-0.3, -0.25) is 14.9 Å². The quantitative estimate of drug-likeness (QED) is 0.523. The SMILES string of the molecule is Cc1nn(-c2ccccc2)c(C)c1CN(C)c1ccc(C(N)=O)cc1[N+](=O)[O-]. The van der Waals surface area contributed by atoms with Crippen LogP contribution in [0.25, 0.3) is 5.69 Å². The van der Waals surface area contributed by atoms with E-state index in [1.165, 1.54) is 12.1 Å². The van der Waals surface area contributed by atoms with E-state index in [0.29, 0.717) is 12.2 Å². The minimum atomic E-state index is -0.701. The number of para-hydroxylation sites is 1. The van der Waals surface area contributed by atoms with Crippen LogP contribution in [0, 0.1) is 24.0 Å². The van der Waals surface area contributed by atoms with Crippen LogP contribution in [-0.2, 0) is 6.54 Å². The number of anilines is 1. The lowest BCUT2D eigenvalue weighted by atomic mass is 10.1. The average molecular weight is 379 g/mol. The number of carbonyl (C=O) groups is 1. The largest absolute Gasteiger partial charge is 0.366 e. The van der Waals surface area contributed by atoms with Crippen molar-refractivity contribution in [1.29, 1.82) is 0 Å². The fraction of sp³-hybridized carbons (Fsp3) is 0.200. The smallest absolute Gasteiger partial charge is 0.293 e. The molecule has 0 saturated heterocycles. The van der Waals surface area contributed by atoms with Gasteiger partial charge in [-0.2, -0.15) is 5.10 Å².